The lowest BCUT2D eigenvalue weighted by atomic mass is 9.86. The van der Waals surface area contributed by atoms with Crippen molar-refractivity contribution in [3.63, 3.8) is 0 Å². The first-order valence-corrected chi connectivity index (χ1v) is 30.5. The predicted molar refractivity (Wildman–Crippen MR) is 328 cm³/mol. The van der Waals surface area contributed by atoms with E-state index in [2.05, 4.69) is 73.1 Å². The van der Waals surface area contributed by atoms with Gasteiger partial charge >= 0.3 is 12.1 Å². The first kappa shape index (κ1) is 64.1. The third kappa shape index (κ3) is 18.8. The van der Waals surface area contributed by atoms with Crippen molar-refractivity contribution in [1.82, 2.24) is 24.9 Å². The normalized spacial score (nSPS) is 21.4. The van der Waals surface area contributed by atoms with Crippen LogP contribution in [0.3, 0.4) is 0 Å². The molecule has 2 atom stereocenters. The Hall–Kier alpha value is -6.49. The maximum atomic E-state index is 13.4. The highest BCUT2D eigenvalue weighted by Gasteiger charge is 2.34. The number of rotatable bonds is 18. The number of nitrogens with zero attached hydrogens (tertiary/aromatic N) is 6. The van der Waals surface area contributed by atoms with Crippen LogP contribution in [0.15, 0.2) is 84.9 Å². The second kappa shape index (κ2) is 29.8. The molecule has 83 heavy (non-hydrogen) atoms. The number of carboxylic acids is 1. The third-order valence-electron chi connectivity index (χ3n) is 16.9. The van der Waals surface area contributed by atoms with Gasteiger partial charge in [0.05, 0.1) is 25.0 Å². The summed E-state index contributed by atoms with van der Waals surface area (Å²) in [7, 11) is 3.76. The fraction of sp³-hybridized carbons (Fsp3) is 0.567. The minimum Gasteiger partial charge on any atom is -0.490 e. The summed E-state index contributed by atoms with van der Waals surface area (Å²) in [5.41, 5.74) is 7.97. The topological polar surface area (TPSA) is 165 Å². The van der Waals surface area contributed by atoms with Gasteiger partial charge in [0.2, 0.25) is 17.7 Å². The predicted octanol–water partition coefficient (Wildman–Crippen LogP) is 10.5. The zero-order valence-electron chi connectivity index (χ0n) is 51.6. The van der Waals surface area contributed by atoms with Crippen LogP contribution in [-0.4, -0.2) is 151 Å². The molecular formula is C67H95N7O9. The van der Waals surface area contributed by atoms with E-state index >= 15 is 0 Å². The molecule has 0 radical (unpaired) electrons. The van der Waals surface area contributed by atoms with E-state index in [0.717, 1.165) is 139 Å². The van der Waals surface area contributed by atoms with Crippen LogP contribution in [0.5, 0.6) is 11.5 Å². The molecule has 2 aliphatic carbocycles. The smallest absolute Gasteiger partial charge is 0.410 e. The van der Waals surface area contributed by atoms with Crippen molar-refractivity contribution in [2.75, 3.05) is 76.3 Å². The second-order valence-corrected chi connectivity index (χ2v) is 24.7. The lowest BCUT2D eigenvalue weighted by Crippen LogP contribution is -2.54. The van der Waals surface area contributed by atoms with Crippen molar-refractivity contribution in [1.29, 1.82) is 0 Å². The van der Waals surface area contributed by atoms with Gasteiger partial charge in [-0.25, -0.2) is 4.79 Å². The van der Waals surface area contributed by atoms with E-state index in [1.54, 1.807) is 17.0 Å². The Balaban J connectivity index is 0.000000239. The first-order chi connectivity index (χ1) is 39.6. The Bertz CT molecular complexity index is 2820. The summed E-state index contributed by atoms with van der Waals surface area (Å²) in [5, 5.41) is 12.6. The number of ether oxygens (including phenoxy) is 3. The van der Waals surface area contributed by atoms with Gasteiger partial charge in [0.15, 0.2) is 0 Å². The van der Waals surface area contributed by atoms with Gasteiger partial charge in [-0.2, -0.15) is 0 Å². The molecule has 0 aromatic heterocycles. The van der Waals surface area contributed by atoms with E-state index in [-0.39, 0.29) is 60.3 Å². The molecule has 4 aromatic carbocycles. The van der Waals surface area contributed by atoms with E-state index in [1.807, 2.05) is 106 Å². The summed E-state index contributed by atoms with van der Waals surface area (Å²) >= 11 is 0. The molecule has 4 aromatic rings. The Kier molecular flexibility index (Phi) is 23.0. The Morgan fingerprint density at radius 3 is 1.54 bits per heavy atom. The van der Waals surface area contributed by atoms with Crippen LogP contribution >= 0.6 is 0 Å². The highest BCUT2D eigenvalue weighted by molar-refractivity contribution is 5.95. The van der Waals surface area contributed by atoms with Crippen LogP contribution in [0, 0.1) is 25.7 Å². The fourth-order valence-corrected chi connectivity index (χ4v) is 12.1. The molecule has 2 saturated heterocycles. The summed E-state index contributed by atoms with van der Waals surface area (Å²) in [4.78, 5) is 75.1. The van der Waals surface area contributed by atoms with Crippen LogP contribution in [0.4, 0.5) is 16.2 Å². The molecule has 8 rings (SSSR count). The quantitative estimate of drug-likeness (QED) is 0.0970. The first-order valence-electron chi connectivity index (χ1n) is 30.5. The average Bonchev–Trinajstić information content (AvgIpc) is 3.53. The van der Waals surface area contributed by atoms with E-state index in [4.69, 9.17) is 19.3 Å². The molecule has 4 aliphatic rings. The second-order valence-electron chi connectivity index (χ2n) is 24.7. The van der Waals surface area contributed by atoms with E-state index < -0.39 is 11.6 Å². The molecule has 2 aliphatic heterocycles. The van der Waals surface area contributed by atoms with Crippen LogP contribution in [0.1, 0.15) is 133 Å². The fourth-order valence-electron chi connectivity index (χ4n) is 12.1. The highest BCUT2D eigenvalue weighted by Crippen LogP contribution is 2.33. The summed E-state index contributed by atoms with van der Waals surface area (Å²) in [6.07, 6.45) is 6.66. The number of carbonyl (C=O) groups excluding carboxylic acids is 4. The van der Waals surface area contributed by atoms with Gasteiger partial charge in [0.1, 0.15) is 17.1 Å². The van der Waals surface area contributed by atoms with E-state index in [9.17, 15) is 24.0 Å². The number of benzene rings is 4. The molecule has 4 fully saturated rings. The number of nitrogens with one attached hydrogen (secondary N) is 1. The average molecular weight is 1140 g/mol. The minimum absolute atomic E-state index is 0.0182. The van der Waals surface area contributed by atoms with Gasteiger partial charge in [0.25, 0.3) is 0 Å². The van der Waals surface area contributed by atoms with Crippen molar-refractivity contribution in [3.8, 4) is 11.5 Å². The number of aryl methyl sites for hydroxylation is 2. The number of hydrogen-bond acceptors (Lipinski definition) is 11. The molecule has 2 heterocycles. The SMILES string of the molecule is CCN(CC)C(=O)Cc1cccc(OC2CCC(C(=O)N(C)c3ccc(CN4CCN[C@@H](C)C4)c(C)c3)CC2)c1.Cc1cc(N(C)C(=O)C2CCC(Oc3cccc(CC(=O)O)c3)CC2)ccc1CN1CCN(C(=O)OC(C)(C)C)[C@@H](C)C1. The monoisotopic (exact) mass is 1140 g/mol. The summed E-state index contributed by atoms with van der Waals surface area (Å²) in [6, 6.07) is 28.4. The summed E-state index contributed by atoms with van der Waals surface area (Å²) in [6.45, 7) is 26.8. The zero-order chi connectivity index (χ0) is 60.0. The van der Waals surface area contributed by atoms with Crippen LogP contribution in [0.2, 0.25) is 0 Å². The van der Waals surface area contributed by atoms with Crippen LogP contribution < -0.4 is 24.6 Å². The lowest BCUT2D eigenvalue weighted by Gasteiger charge is -2.40. The number of likely N-dealkylation sites (N-methyl/N-ethyl adjacent to an activating group) is 1. The molecule has 4 amide bonds. The molecule has 16 heteroatoms. The largest absolute Gasteiger partial charge is 0.490 e. The zero-order valence-corrected chi connectivity index (χ0v) is 51.6. The van der Waals surface area contributed by atoms with Gasteiger partial charge in [-0.3, -0.25) is 29.0 Å². The summed E-state index contributed by atoms with van der Waals surface area (Å²) in [5.74, 6) is 1.05. The number of carboxylic acid groups (broad SMARTS) is 1. The van der Waals surface area contributed by atoms with Gasteiger partial charge < -0.3 is 44.2 Å². The van der Waals surface area contributed by atoms with Gasteiger partial charge in [-0.1, -0.05) is 36.4 Å². The molecule has 452 valence electrons. The number of carbonyl (C=O) groups is 5. The van der Waals surface area contributed by atoms with E-state index in [1.165, 1.54) is 16.7 Å². The maximum absolute atomic E-state index is 13.4. The molecule has 0 unspecified atom stereocenters. The molecule has 0 spiro atoms. The van der Waals surface area contributed by atoms with Crippen molar-refractivity contribution < 1.29 is 43.3 Å². The standard InChI is InChI=1S/C34H47N3O6.C33H48N4O3/c1-23-18-28(13-10-27(23)22-36-16-17-37(24(2)21-36)33(41)43-34(3,4)5)35(6)32(40)26-11-14-29(15-12-26)42-30-9-7-8-25(19-30)20-31(38)39;1-6-37(7-2)32(38)21-26-9-8-10-31(20-26)40-30-15-12-27(13-16-30)33(39)35(5)29-14-11-28(24(3)19-29)23-36-18-17-34-25(4)22-36/h7-10,13,18-19,24,26,29H,11-12,14-17,20-22H2,1-6H3,(H,38,39);8-11,14,19-20,25,27,30,34H,6-7,12-13,15-18,21-23H2,1-5H3/t24-,26?,29?;25-,27?,30?/m00/s1. The van der Waals surface area contributed by atoms with Crippen molar-refractivity contribution in [2.45, 2.75) is 170 Å². The molecule has 2 N–H and O–H groups in total. The van der Waals surface area contributed by atoms with Crippen LogP contribution in [-0.2, 0) is 49.8 Å². The highest BCUT2D eigenvalue weighted by atomic mass is 16.6. The van der Waals surface area contributed by atoms with E-state index in [0.29, 0.717) is 30.3 Å². The molecule has 2 saturated carbocycles. The number of piperazine rings is 2. The van der Waals surface area contributed by atoms with Crippen molar-refractivity contribution in [2.24, 2.45) is 11.8 Å². The number of anilines is 2. The molecular weight excluding hydrogens is 1050 g/mol. The minimum atomic E-state index is -0.866. The Labute approximate surface area is 494 Å². The maximum Gasteiger partial charge on any atom is 0.410 e. The van der Waals surface area contributed by atoms with Crippen molar-refractivity contribution in [3.05, 3.63) is 118 Å². The molecule has 16 nitrogen and oxygen atoms in total. The van der Waals surface area contributed by atoms with Gasteiger partial charge in [-0.15, -0.1) is 0 Å². The third-order valence-corrected chi connectivity index (χ3v) is 16.9. The Morgan fingerprint density at radius 1 is 0.627 bits per heavy atom. The number of hydrogen-bond donors (Lipinski definition) is 2. The van der Waals surface area contributed by atoms with Gasteiger partial charge in [0, 0.05) is 115 Å². The number of aliphatic carboxylic acids is 1. The Morgan fingerprint density at radius 2 is 1.11 bits per heavy atom. The lowest BCUT2D eigenvalue weighted by molar-refractivity contribution is -0.136. The van der Waals surface area contributed by atoms with Crippen molar-refractivity contribution >= 4 is 41.2 Å². The van der Waals surface area contributed by atoms with Gasteiger partial charge in [-0.05, 0) is 196 Å². The van der Waals surface area contributed by atoms with Crippen LogP contribution in [0.25, 0.3) is 0 Å². The molecule has 0 bridgehead atoms. The number of amides is 4. The summed E-state index contributed by atoms with van der Waals surface area (Å²) < 4.78 is 18.0.